The van der Waals surface area contributed by atoms with Gasteiger partial charge in [-0.2, -0.15) is 0 Å². The van der Waals surface area contributed by atoms with Crippen molar-refractivity contribution in [2.75, 3.05) is 0 Å². The van der Waals surface area contributed by atoms with Crippen LogP contribution < -0.4 is 0 Å². The van der Waals surface area contributed by atoms with E-state index in [1.54, 1.807) is 12.1 Å². The maximum atomic E-state index is 13.4. The van der Waals surface area contributed by atoms with Crippen molar-refractivity contribution in [1.82, 2.24) is 0 Å². The van der Waals surface area contributed by atoms with Crippen LogP contribution in [0.3, 0.4) is 0 Å². The van der Waals surface area contributed by atoms with E-state index < -0.39 is 0 Å². The summed E-state index contributed by atoms with van der Waals surface area (Å²) in [6.07, 6.45) is 2.17. The SMILES string of the molecule is O=COCc1ccc(C2CC2)c(F)c1. The largest absolute Gasteiger partial charge is 0.463 e. The molecule has 14 heavy (non-hydrogen) atoms. The second kappa shape index (κ2) is 3.78. The minimum absolute atomic E-state index is 0.144. The molecular weight excluding hydrogens is 183 g/mol. The second-order valence-electron chi connectivity index (χ2n) is 3.54. The third kappa shape index (κ3) is 1.92. The summed E-state index contributed by atoms with van der Waals surface area (Å²) in [6, 6.07) is 5.04. The van der Waals surface area contributed by atoms with E-state index >= 15 is 0 Å². The normalized spacial score (nSPS) is 15.2. The van der Waals surface area contributed by atoms with Crippen LogP contribution in [0.5, 0.6) is 0 Å². The summed E-state index contributed by atoms with van der Waals surface area (Å²) in [5, 5.41) is 0. The van der Waals surface area contributed by atoms with Gasteiger partial charge >= 0.3 is 0 Å². The molecule has 1 aliphatic rings. The number of rotatable bonds is 4. The Morgan fingerprint density at radius 1 is 1.50 bits per heavy atom. The fourth-order valence-electron chi connectivity index (χ4n) is 1.52. The molecule has 0 atom stereocenters. The molecule has 0 aliphatic heterocycles. The van der Waals surface area contributed by atoms with E-state index in [0.717, 1.165) is 18.4 Å². The van der Waals surface area contributed by atoms with Gasteiger partial charge in [0.05, 0.1) is 0 Å². The highest BCUT2D eigenvalue weighted by Gasteiger charge is 2.26. The number of hydrogen-bond donors (Lipinski definition) is 0. The van der Waals surface area contributed by atoms with Crippen molar-refractivity contribution in [2.45, 2.75) is 25.4 Å². The molecule has 2 nitrogen and oxygen atoms in total. The van der Waals surface area contributed by atoms with Gasteiger partial charge in [-0.1, -0.05) is 12.1 Å². The van der Waals surface area contributed by atoms with E-state index in [2.05, 4.69) is 4.74 Å². The van der Waals surface area contributed by atoms with Crippen molar-refractivity contribution in [2.24, 2.45) is 0 Å². The Morgan fingerprint density at radius 2 is 2.29 bits per heavy atom. The lowest BCUT2D eigenvalue weighted by molar-refractivity contribution is -0.129. The third-order valence-electron chi connectivity index (χ3n) is 2.40. The molecule has 0 N–H and O–H groups in total. The minimum atomic E-state index is -0.181. The summed E-state index contributed by atoms with van der Waals surface area (Å²) in [7, 11) is 0. The van der Waals surface area contributed by atoms with Gasteiger partial charge in [0.1, 0.15) is 12.4 Å². The van der Waals surface area contributed by atoms with Crippen LogP contribution in [0.1, 0.15) is 29.9 Å². The molecule has 0 bridgehead atoms. The Morgan fingerprint density at radius 3 is 2.86 bits per heavy atom. The van der Waals surface area contributed by atoms with E-state index in [4.69, 9.17) is 0 Å². The number of ether oxygens (including phenoxy) is 1. The van der Waals surface area contributed by atoms with Gasteiger partial charge in [-0.15, -0.1) is 0 Å². The third-order valence-corrected chi connectivity index (χ3v) is 2.40. The Labute approximate surface area is 81.7 Å². The molecule has 1 aromatic rings. The first-order valence-corrected chi connectivity index (χ1v) is 4.65. The van der Waals surface area contributed by atoms with Gasteiger partial charge in [-0.25, -0.2) is 4.39 Å². The highest BCUT2D eigenvalue weighted by molar-refractivity contribution is 5.37. The van der Waals surface area contributed by atoms with E-state index in [9.17, 15) is 9.18 Å². The molecule has 1 aromatic carbocycles. The monoisotopic (exact) mass is 194 g/mol. The van der Waals surface area contributed by atoms with Gasteiger partial charge < -0.3 is 4.74 Å². The van der Waals surface area contributed by atoms with Crippen molar-refractivity contribution in [3.05, 3.63) is 35.1 Å². The van der Waals surface area contributed by atoms with Crippen LogP contribution in [-0.4, -0.2) is 6.47 Å². The first-order chi connectivity index (χ1) is 6.81. The molecule has 0 saturated heterocycles. The highest BCUT2D eigenvalue weighted by atomic mass is 19.1. The van der Waals surface area contributed by atoms with Gasteiger partial charge in [0.2, 0.25) is 0 Å². The topological polar surface area (TPSA) is 26.3 Å². The van der Waals surface area contributed by atoms with Gasteiger partial charge in [-0.05, 0) is 36.0 Å². The molecule has 74 valence electrons. The van der Waals surface area contributed by atoms with Crippen LogP contribution in [0.25, 0.3) is 0 Å². The molecule has 3 heteroatoms. The number of carbonyl (C=O) groups excluding carboxylic acids is 1. The summed E-state index contributed by atoms with van der Waals surface area (Å²) in [6.45, 7) is 0.512. The van der Waals surface area contributed by atoms with Gasteiger partial charge in [0.15, 0.2) is 0 Å². The molecule has 0 heterocycles. The van der Waals surface area contributed by atoms with Gasteiger partial charge in [0.25, 0.3) is 6.47 Å². The summed E-state index contributed by atoms with van der Waals surface area (Å²) in [4.78, 5) is 9.93. The van der Waals surface area contributed by atoms with Crippen molar-refractivity contribution in [3.63, 3.8) is 0 Å². The zero-order valence-corrected chi connectivity index (χ0v) is 7.70. The Kier molecular flexibility index (Phi) is 2.48. The standard InChI is InChI=1S/C11H11FO2/c12-11-5-8(6-14-7-13)1-4-10(11)9-2-3-9/h1,4-5,7,9H,2-3,6H2. The highest BCUT2D eigenvalue weighted by Crippen LogP contribution is 2.41. The molecule has 1 fully saturated rings. The predicted molar refractivity (Wildman–Crippen MR) is 49.2 cm³/mol. The van der Waals surface area contributed by atoms with Gasteiger partial charge in [0, 0.05) is 0 Å². The average molecular weight is 194 g/mol. The van der Waals surface area contributed by atoms with Gasteiger partial charge in [-0.3, -0.25) is 4.79 Å². The number of carbonyl (C=O) groups is 1. The second-order valence-corrected chi connectivity index (χ2v) is 3.54. The summed E-state index contributed by atoms with van der Waals surface area (Å²) in [5.41, 5.74) is 1.49. The number of halogens is 1. The van der Waals surface area contributed by atoms with E-state index in [-0.39, 0.29) is 12.4 Å². The van der Waals surface area contributed by atoms with E-state index in [0.29, 0.717) is 18.0 Å². The first kappa shape index (κ1) is 9.19. The molecule has 1 saturated carbocycles. The molecule has 0 spiro atoms. The lowest BCUT2D eigenvalue weighted by atomic mass is 10.1. The zero-order valence-electron chi connectivity index (χ0n) is 7.70. The van der Waals surface area contributed by atoms with Crippen LogP contribution in [0.15, 0.2) is 18.2 Å². The van der Waals surface area contributed by atoms with Crippen molar-refractivity contribution >= 4 is 6.47 Å². The van der Waals surface area contributed by atoms with Crippen LogP contribution >= 0.6 is 0 Å². The Bertz CT molecular complexity index is 345. The molecule has 0 amide bonds. The maximum absolute atomic E-state index is 13.4. The molecule has 0 aromatic heterocycles. The molecule has 0 radical (unpaired) electrons. The average Bonchev–Trinajstić information content (AvgIpc) is 2.98. The maximum Gasteiger partial charge on any atom is 0.293 e. The van der Waals surface area contributed by atoms with Crippen LogP contribution in [0, 0.1) is 5.82 Å². The van der Waals surface area contributed by atoms with Crippen LogP contribution in [0.2, 0.25) is 0 Å². The fourth-order valence-corrected chi connectivity index (χ4v) is 1.52. The molecule has 2 rings (SSSR count). The quantitative estimate of drug-likeness (QED) is 0.688. The van der Waals surface area contributed by atoms with Crippen molar-refractivity contribution < 1.29 is 13.9 Å². The van der Waals surface area contributed by atoms with Crippen molar-refractivity contribution in [3.8, 4) is 0 Å². The number of hydrogen-bond acceptors (Lipinski definition) is 2. The fraction of sp³-hybridized carbons (Fsp3) is 0.364. The Balaban J connectivity index is 2.12. The molecular formula is C11H11FO2. The lowest BCUT2D eigenvalue weighted by Gasteiger charge is -2.03. The first-order valence-electron chi connectivity index (χ1n) is 4.65. The molecule has 0 unspecified atom stereocenters. The van der Waals surface area contributed by atoms with E-state index in [1.807, 2.05) is 0 Å². The Hall–Kier alpha value is -1.38. The lowest BCUT2D eigenvalue weighted by Crippen LogP contribution is -1.94. The molecule has 1 aliphatic carbocycles. The predicted octanol–water partition coefficient (Wildman–Crippen LogP) is 2.38. The minimum Gasteiger partial charge on any atom is -0.463 e. The summed E-state index contributed by atoms with van der Waals surface area (Å²) >= 11 is 0. The zero-order chi connectivity index (χ0) is 9.97. The van der Waals surface area contributed by atoms with Crippen molar-refractivity contribution in [1.29, 1.82) is 0 Å². The summed E-state index contributed by atoms with van der Waals surface area (Å²) in [5.74, 6) is 0.232. The van der Waals surface area contributed by atoms with E-state index in [1.165, 1.54) is 6.07 Å². The van der Waals surface area contributed by atoms with Crippen LogP contribution in [-0.2, 0) is 16.1 Å². The smallest absolute Gasteiger partial charge is 0.293 e. The number of benzene rings is 1. The summed E-state index contributed by atoms with van der Waals surface area (Å²) < 4.78 is 18.0. The van der Waals surface area contributed by atoms with Crippen LogP contribution in [0.4, 0.5) is 4.39 Å².